The Kier molecular flexibility index (Phi) is 3.43. The first-order valence-electron chi connectivity index (χ1n) is 6.00. The van der Waals surface area contributed by atoms with Gasteiger partial charge in [-0.05, 0) is 49.6 Å². The van der Waals surface area contributed by atoms with E-state index in [2.05, 4.69) is 49.3 Å². The van der Waals surface area contributed by atoms with Gasteiger partial charge in [0.05, 0.1) is 11.4 Å². The van der Waals surface area contributed by atoms with Crippen LogP contribution in [-0.4, -0.2) is 9.78 Å². The molecule has 2 nitrogen and oxygen atoms in total. The van der Waals surface area contributed by atoms with Crippen LogP contribution in [-0.2, 0) is 0 Å². The number of hydrogen-bond donors (Lipinski definition) is 0. The lowest BCUT2D eigenvalue weighted by Gasteiger charge is -2.06. The zero-order chi connectivity index (χ0) is 12.3. The fraction of sp³-hybridized carbons (Fsp3) is 0.267. The maximum atomic E-state index is 4.43. The van der Waals surface area contributed by atoms with Crippen molar-refractivity contribution in [2.45, 2.75) is 27.2 Å². The second kappa shape index (κ2) is 5.00. The van der Waals surface area contributed by atoms with E-state index in [1.165, 1.54) is 11.1 Å². The van der Waals surface area contributed by atoms with E-state index in [9.17, 15) is 0 Å². The van der Waals surface area contributed by atoms with Crippen LogP contribution in [0.3, 0.4) is 0 Å². The Balaban J connectivity index is 2.35. The number of allylic oxidation sites excluding steroid dienone is 1. The molecule has 0 fully saturated rings. The summed E-state index contributed by atoms with van der Waals surface area (Å²) in [5.41, 5.74) is 4.68. The molecule has 1 heterocycles. The smallest absolute Gasteiger partial charge is 0.0675 e. The van der Waals surface area contributed by atoms with Crippen LogP contribution in [0.5, 0.6) is 0 Å². The van der Waals surface area contributed by atoms with Crippen molar-refractivity contribution in [2.24, 2.45) is 0 Å². The van der Waals surface area contributed by atoms with Crippen LogP contribution in [0, 0.1) is 13.8 Å². The van der Waals surface area contributed by atoms with Gasteiger partial charge in [0.1, 0.15) is 0 Å². The third-order valence-corrected chi connectivity index (χ3v) is 2.74. The van der Waals surface area contributed by atoms with Gasteiger partial charge in [-0.2, -0.15) is 5.10 Å². The van der Waals surface area contributed by atoms with E-state index >= 15 is 0 Å². The third kappa shape index (κ3) is 2.64. The minimum absolute atomic E-state index is 1.04. The fourth-order valence-electron chi connectivity index (χ4n) is 1.84. The predicted octanol–water partition coefficient (Wildman–Crippen LogP) is 3.91. The van der Waals surface area contributed by atoms with Crippen LogP contribution in [0.2, 0.25) is 0 Å². The summed E-state index contributed by atoms with van der Waals surface area (Å²) < 4.78 is 1.93. The van der Waals surface area contributed by atoms with Gasteiger partial charge in [0, 0.05) is 6.20 Å². The monoisotopic (exact) mass is 226 g/mol. The van der Waals surface area contributed by atoms with Crippen molar-refractivity contribution in [1.29, 1.82) is 0 Å². The molecule has 0 spiro atoms. The third-order valence-electron chi connectivity index (χ3n) is 2.74. The molecule has 0 unspecified atom stereocenters. The Bertz CT molecular complexity index is 536. The summed E-state index contributed by atoms with van der Waals surface area (Å²) in [6.07, 6.45) is 7.40. The van der Waals surface area contributed by atoms with Crippen molar-refractivity contribution in [2.75, 3.05) is 0 Å². The van der Waals surface area contributed by atoms with E-state index < -0.39 is 0 Å². The first-order chi connectivity index (χ1) is 8.20. The molecule has 2 rings (SSSR count). The van der Waals surface area contributed by atoms with E-state index in [0.717, 1.165) is 17.8 Å². The number of aryl methyl sites for hydroxylation is 2. The van der Waals surface area contributed by atoms with E-state index in [-0.39, 0.29) is 0 Å². The SMILES string of the molecule is CC/C=C/c1ccc(-n2ccc(C)n2)c(C)c1. The maximum absolute atomic E-state index is 4.43. The highest BCUT2D eigenvalue weighted by molar-refractivity contribution is 5.54. The highest BCUT2D eigenvalue weighted by Gasteiger charge is 2.02. The molecule has 1 aromatic carbocycles. The normalized spacial score (nSPS) is 11.2. The van der Waals surface area contributed by atoms with Gasteiger partial charge >= 0.3 is 0 Å². The zero-order valence-corrected chi connectivity index (χ0v) is 10.6. The molecule has 0 amide bonds. The molecule has 1 aromatic heterocycles. The van der Waals surface area contributed by atoms with Crippen LogP contribution < -0.4 is 0 Å². The van der Waals surface area contributed by atoms with Crippen molar-refractivity contribution >= 4 is 6.08 Å². The molecule has 2 aromatic rings. The molecule has 17 heavy (non-hydrogen) atoms. The summed E-state index contributed by atoms with van der Waals surface area (Å²) in [5, 5.41) is 4.43. The van der Waals surface area contributed by atoms with Crippen LogP contribution in [0.1, 0.15) is 30.2 Å². The van der Waals surface area contributed by atoms with Crippen molar-refractivity contribution in [3.8, 4) is 5.69 Å². The predicted molar refractivity (Wildman–Crippen MR) is 72.4 cm³/mol. The molecule has 0 N–H and O–H groups in total. The Hall–Kier alpha value is -1.83. The Morgan fingerprint density at radius 1 is 1.24 bits per heavy atom. The first-order valence-corrected chi connectivity index (χ1v) is 6.00. The lowest BCUT2D eigenvalue weighted by atomic mass is 10.1. The van der Waals surface area contributed by atoms with E-state index in [0.29, 0.717) is 0 Å². The van der Waals surface area contributed by atoms with Gasteiger partial charge in [-0.25, -0.2) is 4.68 Å². The Labute approximate surface area is 103 Å². The zero-order valence-electron chi connectivity index (χ0n) is 10.6. The molecule has 2 heteroatoms. The van der Waals surface area contributed by atoms with Crippen LogP contribution in [0.15, 0.2) is 36.5 Å². The second-order valence-corrected chi connectivity index (χ2v) is 4.26. The van der Waals surface area contributed by atoms with Crippen LogP contribution in [0.4, 0.5) is 0 Å². The lowest BCUT2D eigenvalue weighted by molar-refractivity contribution is 0.855. The number of aromatic nitrogens is 2. The number of nitrogens with zero attached hydrogens (tertiary/aromatic N) is 2. The van der Waals surface area contributed by atoms with Crippen molar-refractivity contribution in [1.82, 2.24) is 9.78 Å². The molecular formula is C15H18N2. The molecule has 0 atom stereocenters. The lowest BCUT2D eigenvalue weighted by Crippen LogP contribution is -1.98. The van der Waals surface area contributed by atoms with E-state index in [4.69, 9.17) is 0 Å². The summed E-state index contributed by atoms with van der Waals surface area (Å²) in [7, 11) is 0. The second-order valence-electron chi connectivity index (χ2n) is 4.26. The number of rotatable bonds is 3. The van der Waals surface area contributed by atoms with Gasteiger partial charge in [-0.15, -0.1) is 0 Å². The maximum Gasteiger partial charge on any atom is 0.0675 e. The van der Waals surface area contributed by atoms with Gasteiger partial charge in [0.2, 0.25) is 0 Å². The molecule has 88 valence electrons. The fourth-order valence-corrected chi connectivity index (χ4v) is 1.84. The van der Waals surface area contributed by atoms with E-state index in [1.807, 2.05) is 23.9 Å². The molecule has 0 radical (unpaired) electrons. The largest absolute Gasteiger partial charge is 0.240 e. The standard InChI is InChI=1S/C15H18N2/c1-4-5-6-14-7-8-15(12(2)11-14)17-10-9-13(3)16-17/h5-11H,4H2,1-3H3/b6-5+. The van der Waals surface area contributed by atoms with Gasteiger partial charge < -0.3 is 0 Å². The molecule has 0 saturated carbocycles. The Morgan fingerprint density at radius 2 is 2.06 bits per heavy atom. The summed E-state index contributed by atoms with van der Waals surface area (Å²) in [5.74, 6) is 0. The topological polar surface area (TPSA) is 17.8 Å². The van der Waals surface area contributed by atoms with Crippen LogP contribution in [0.25, 0.3) is 11.8 Å². The summed E-state index contributed by atoms with van der Waals surface area (Å²) in [6.45, 7) is 6.27. The van der Waals surface area contributed by atoms with Gasteiger partial charge in [-0.1, -0.05) is 25.1 Å². The van der Waals surface area contributed by atoms with Crippen LogP contribution >= 0.6 is 0 Å². The molecule has 0 saturated heterocycles. The highest BCUT2D eigenvalue weighted by atomic mass is 15.3. The van der Waals surface area contributed by atoms with Crippen molar-refractivity contribution in [3.63, 3.8) is 0 Å². The Morgan fingerprint density at radius 3 is 2.65 bits per heavy atom. The average molecular weight is 226 g/mol. The minimum atomic E-state index is 1.04. The summed E-state index contributed by atoms with van der Waals surface area (Å²) in [6, 6.07) is 8.46. The number of benzene rings is 1. The molecule has 0 aliphatic carbocycles. The average Bonchev–Trinajstić information content (AvgIpc) is 2.73. The van der Waals surface area contributed by atoms with E-state index in [1.54, 1.807) is 0 Å². The molecule has 0 aliphatic rings. The molecule has 0 aliphatic heterocycles. The van der Waals surface area contributed by atoms with Crippen molar-refractivity contribution in [3.05, 3.63) is 53.4 Å². The molecule has 0 bridgehead atoms. The van der Waals surface area contributed by atoms with Crippen molar-refractivity contribution < 1.29 is 0 Å². The van der Waals surface area contributed by atoms with Gasteiger partial charge in [0.25, 0.3) is 0 Å². The highest BCUT2D eigenvalue weighted by Crippen LogP contribution is 2.16. The summed E-state index contributed by atoms with van der Waals surface area (Å²) in [4.78, 5) is 0. The molecular weight excluding hydrogens is 208 g/mol. The van der Waals surface area contributed by atoms with Gasteiger partial charge in [0.15, 0.2) is 0 Å². The number of hydrogen-bond acceptors (Lipinski definition) is 1. The summed E-state index contributed by atoms with van der Waals surface area (Å²) >= 11 is 0. The van der Waals surface area contributed by atoms with Gasteiger partial charge in [-0.3, -0.25) is 0 Å². The quantitative estimate of drug-likeness (QED) is 0.775. The first kappa shape index (κ1) is 11.6. The minimum Gasteiger partial charge on any atom is -0.240 e.